The minimum Gasteiger partial charge on any atom is -0.330 e. The largest absolute Gasteiger partial charge is 0.330 e. The summed E-state index contributed by atoms with van der Waals surface area (Å²) in [7, 11) is 0. The molecule has 1 aliphatic carbocycles. The molecule has 118 valence electrons. The molecule has 0 radical (unpaired) electrons. The highest BCUT2D eigenvalue weighted by Crippen LogP contribution is 2.42. The Morgan fingerprint density at radius 3 is 2.43 bits per heavy atom. The first kappa shape index (κ1) is 16.5. The number of unbranched alkanes of at least 4 members (excludes halogenated alkanes) is 1. The van der Waals surface area contributed by atoms with Gasteiger partial charge in [-0.1, -0.05) is 44.4 Å². The van der Waals surface area contributed by atoms with Crippen molar-refractivity contribution in [1.82, 2.24) is 0 Å². The SMILES string of the molecule is CCCCC1CCC(CN)(Cc2ccc(C)c(C)c2)CC1. The van der Waals surface area contributed by atoms with Crippen LogP contribution in [0.15, 0.2) is 18.2 Å². The molecule has 0 atom stereocenters. The van der Waals surface area contributed by atoms with Crippen LogP contribution in [-0.4, -0.2) is 6.54 Å². The first-order valence-corrected chi connectivity index (χ1v) is 8.85. The topological polar surface area (TPSA) is 26.0 Å². The Morgan fingerprint density at radius 2 is 1.86 bits per heavy atom. The standard InChI is InChI=1S/C20H33N/c1-4-5-6-18-9-11-20(15-21,12-10-18)14-19-8-7-16(2)17(3)13-19/h7-8,13,18H,4-6,9-12,14-15,21H2,1-3H3. The van der Waals surface area contributed by atoms with Crippen LogP contribution in [0.2, 0.25) is 0 Å². The van der Waals surface area contributed by atoms with E-state index in [1.165, 1.54) is 68.1 Å². The Kier molecular flexibility index (Phi) is 5.87. The molecular formula is C20H33N. The van der Waals surface area contributed by atoms with Crippen molar-refractivity contribution >= 4 is 0 Å². The fraction of sp³-hybridized carbons (Fsp3) is 0.700. The van der Waals surface area contributed by atoms with Crippen LogP contribution < -0.4 is 5.73 Å². The first-order valence-electron chi connectivity index (χ1n) is 8.85. The van der Waals surface area contributed by atoms with Gasteiger partial charge in [0, 0.05) is 0 Å². The Labute approximate surface area is 131 Å². The molecule has 1 fully saturated rings. The highest BCUT2D eigenvalue weighted by Gasteiger charge is 2.34. The van der Waals surface area contributed by atoms with Crippen molar-refractivity contribution in [2.24, 2.45) is 17.1 Å². The van der Waals surface area contributed by atoms with E-state index in [1.807, 2.05) is 0 Å². The summed E-state index contributed by atoms with van der Waals surface area (Å²) in [5.41, 5.74) is 10.9. The zero-order valence-corrected chi connectivity index (χ0v) is 14.3. The summed E-state index contributed by atoms with van der Waals surface area (Å²) in [4.78, 5) is 0. The minimum absolute atomic E-state index is 0.365. The third-order valence-corrected chi connectivity index (χ3v) is 5.72. The molecule has 0 heterocycles. The third kappa shape index (κ3) is 4.32. The molecule has 0 amide bonds. The van der Waals surface area contributed by atoms with E-state index in [4.69, 9.17) is 5.73 Å². The molecule has 0 saturated heterocycles. The van der Waals surface area contributed by atoms with Gasteiger partial charge in [0.15, 0.2) is 0 Å². The zero-order chi connectivity index (χ0) is 15.3. The predicted molar refractivity (Wildman–Crippen MR) is 92.6 cm³/mol. The summed E-state index contributed by atoms with van der Waals surface area (Å²) in [6.07, 6.45) is 10.8. The van der Waals surface area contributed by atoms with E-state index in [0.717, 1.165) is 12.5 Å². The van der Waals surface area contributed by atoms with Crippen LogP contribution >= 0.6 is 0 Å². The van der Waals surface area contributed by atoms with E-state index in [0.29, 0.717) is 5.41 Å². The second-order valence-corrected chi connectivity index (χ2v) is 7.39. The second kappa shape index (κ2) is 7.45. The van der Waals surface area contributed by atoms with Gasteiger partial charge in [-0.25, -0.2) is 0 Å². The average molecular weight is 287 g/mol. The van der Waals surface area contributed by atoms with Crippen LogP contribution in [0.25, 0.3) is 0 Å². The van der Waals surface area contributed by atoms with Crippen molar-refractivity contribution < 1.29 is 0 Å². The van der Waals surface area contributed by atoms with Gasteiger partial charge in [-0.05, 0) is 80.5 Å². The Balaban J connectivity index is 1.98. The van der Waals surface area contributed by atoms with Crippen molar-refractivity contribution in [3.63, 3.8) is 0 Å². The Bertz CT molecular complexity index is 441. The van der Waals surface area contributed by atoms with Gasteiger partial charge >= 0.3 is 0 Å². The molecule has 1 aromatic rings. The zero-order valence-electron chi connectivity index (χ0n) is 14.3. The molecule has 1 heteroatoms. The summed E-state index contributed by atoms with van der Waals surface area (Å²) >= 11 is 0. The van der Waals surface area contributed by atoms with E-state index in [2.05, 4.69) is 39.0 Å². The lowest BCUT2D eigenvalue weighted by Crippen LogP contribution is -2.36. The number of hydrogen-bond acceptors (Lipinski definition) is 1. The highest BCUT2D eigenvalue weighted by molar-refractivity contribution is 5.30. The summed E-state index contributed by atoms with van der Waals surface area (Å²) in [6, 6.07) is 6.95. The fourth-order valence-electron chi connectivity index (χ4n) is 3.87. The molecule has 0 aliphatic heterocycles. The van der Waals surface area contributed by atoms with Crippen LogP contribution in [0.1, 0.15) is 68.6 Å². The normalized spacial score (nSPS) is 26.0. The summed E-state index contributed by atoms with van der Waals surface area (Å²) < 4.78 is 0. The number of hydrogen-bond donors (Lipinski definition) is 1. The molecule has 0 spiro atoms. The van der Waals surface area contributed by atoms with Crippen molar-refractivity contribution in [3.8, 4) is 0 Å². The first-order chi connectivity index (χ1) is 10.1. The number of nitrogens with two attached hydrogens (primary N) is 1. The van der Waals surface area contributed by atoms with Gasteiger partial charge in [-0.3, -0.25) is 0 Å². The minimum atomic E-state index is 0.365. The van der Waals surface area contributed by atoms with Gasteiger partial charge in [0.05, 0.1) is 0 Å². The van der Waals surface area contributed by atoms with Crippen molar-refractivity contribution in [2.75, 3.05) is 6.54 Å². The fourth-order valence-corrected chi connectivity index (χ4v) is 3.87. The molecule has 21 heavy (non-hydrogen) atoms. The van der Waals surface area contributed by atoms with Gasteiger partial charge in [-0.2, -0.15) is 0 Å². The van der Waals surface area contributed by atoms with E-state index >= 15 is 0 Å². The van der Waals surface area contributed by atoms with Gasteiger partial charge in [0.1, 0.15) is 0 Å². The second-order valence-electron chi connectivity index (χ2n) is 7.39. The van der Waals surface area contributed by atoms with E-state index in [9.17, 15) is 0 Å². The van der Waals surface area contributed by atoms with Gasteiger partial charge in [-0.15, -0.1) is 0 Å². The van der Waals surface area contributed by atoms with Gasteiger partial charge in [0.2, 0.25) is 0 Å². The number of rotatable bonds is 6. The third-order valence-electron chi connectivity index (χ3n) is 5.72. The van der Waals surface area contributed by atoms with Crippen molar-refractivity contribution in [2.45, 2.75) is 72.1 Å². The molecule has 1 nitrogen and oxygen atoms in total. The lowest BCUT2D eigenvalue weighted by molar-refractivity contribution is 0.150. The average Bonchev–Trinajstić information content (AvgIpc) is 2.50. The molecule has 1 saturated carbocycles. The quantitative estimate of drug-likeness (QED) is 0.767. The summed E-state index contributed by atoms with van der Waals surface area (Å²) in [5, 5.41) is 0. The molecule has 2 N–H and O–H groups in total. The van der Waals surface area contributed by atoms with Crippen LogP contribution in [0, 0.1) is 25.2 Å². The van der Waals surface area contributed by atoms with Crippen LogP contribution in [0.4, 0.5) is 0 Å². The lowest BCUT2D eigenvalue weighted by atomic mass is 9.66. The Morgan fingerprint density at radius 1 is 1.14 bits per heavy atom. The lowest BCUT2D eigenvalue weighted by Gasteiger charge is -2.40. The highest BCUT2D eigenvalue weighted by atomic mass is 14.6. The van der Waals surface area contributed by atoms with E-state index < -0.39 is 0 Å². The van der Waals surface area contributed by atoms with Gasteiger partial charge in [0.25, 0.3) is 0 Å². The van der Waals surface area contributed by atoms with E-state index in [-0.39, 0.29) is 0 Å². The maximum Gasteiger partial charge on any atom is -0.00173 e. The summed E-state index contributed by atoms with van der Waals surface area (Å²) in [6.45, 7) is 7.56. The number of benzene rings is 1. The van der Waals surface area contributed by atoms with Crippen LogP contribution in [-0.2, 0) is 6.42 Å². The smallest absolute Gasteiger partial charge is 0.00173 e. The maximum atomic E-state index is 6.20. The van der Waals surface area contributed by atoms with Gasteiger partial charge < -0.3 is 5.73 Å². The molecule has 0 aromatic heterocycles. The number of aryl methyl sites for hydroxylation is 2. The van der Waals surface area contributed by atoms with Crippen molar-refractivity contribution in [3.05, 3.63) is 34.9 Å². The monoisotopic (exact) mass is 287 g/mol. The molecule has 2 rings (SSSR count). The predicted octanol–water partition coefficient (Wildman–Crippen LogP) is 5.17. The van der Waals surface area contributed by atoms with E-state index in [1.54, 1.807) is 0 Å². The summed E-state index contributed by atoms with van der Waals surface area (Å²) in [5.74, 6) is 0.962. The molecule has 0 bridgehead atoms. The van der Waals surface area contributed by atoms with Crippen LogP contribution in [0.5, 0.6) is 0 Å². The molecule has 0 unspecified atom stereocenters. The molecule has 1 aliphatic rings. The molecule has 1 aromatic carbocycles. The van der Waals surface area contributed by atoms with Crippen molar-refractivity contribution in [1.29, 1.82) is 0 Å². The molecular weight excluding hydrogens is 254 g/mol. The maximum absolute atomic E-state index is 6.20. The van der Waals surface area contributed by atoms with Crippen LogP contribution in [0.3, 0.4) is 0 Å². The Hall–Kier alpha value is -0.820.